The molecule has 124 valence electrons. The summed E-state index contributed by atoms with van der Waals surface area (Å²) in [6, 6.07) is 6.89. The lowest BCUT2D eigenvalue weighted by molar-refractivity contribution is -0.157. The highest BCUT2D eigenvalue weighted by molar-refractivity contribution is 5.77. The van der Waals surface area contributed by atoms with E-state index in [1.165, 1.54) is 30.6 Å². The lowest BCUT2D eigenvalue weighted by atomic mass is 9.94. The molecule has 0 saturated heterocycles. The van der Waals surface area contributed by atoms with Gasteiger partial charge in [0.25, 0.3) is 0 Å². The number of aromatic nitrogens is 3. The Labute approximate surface area is 131 Å². The summed E-state index contributed by atoms with van der Waals surface area (Å²) in [5.41, 5.74) is 0.0708. The van der Waals surface area contributed by atoms with E-state index in [2.05, 4.69) is 15.5 Å². The van der Waals surface area contributed by atoms with Gasteiger partial charge in [-0.05, 0) is 12.5 Å². The van der Waals surface area contributed by atoms with Gasteiger partial charge >= 0.3 is 6.18 Å². The van der Waals surface area contributed by atoms with Gasteiger partial charge in [0.1, 0.15) is 6.33 Å². The molecule has 0 spiro atoms. The Morgan fingerprint density at radius 2 is 1.96 bits per heavy atom. The van der Waals surface area contributed by atoms with Crippen molar-refractivity contribution >= 4 is 5.91 Å². The molecule has 23 heavy (non-hydrogen) atoms. The summed E-state index contributed by atoms with van der Waals surface area (Å²) in [7, 11) is 1.69. The second-order valence-corrected chi connectivity index (χ2v) is 5.30. The van der Waals surface area contributed by atoms with E-state index < -0.39 is 30.5 Å². The average molecular weight is 326 g/mol. The van der Waals surface area contributed by atoms with Crippen LogP contribution in [0.2, 0.25) is 0 Å². The molecule has 1 amide bonds. The van der Waals surface area contributed by atoms with Crippen molar-refractivity contribution in [2.75, 3.05) is 0 Å². The van der Waals surface area contributed by atoms with E-state index >= 15 is 0 Å². The molecule has 0 saturated carbocycles. The van der Waals surface area contributed by atoms with Crippen LogP contribution in [0.4, 0.5) is 13.2 Å². The molecule has 1 heterocycles. The third-order valence-corrected chi connectivity index (χ3v) is 3.50. The van der Waals surface area contributed by atoms with Gasteiger partial charge in [0.05, 0.1) is 12.0 Å². The Hall–Kier alpha value is -2.38. The van der Waals surface area contributed by atoms with E-state index in [1.807, 2.05) is 0 Å². The number of carbonyl (C=O) groups excluding carboxylic acids is 1. The van der Waals surface area contributed by atoms with Gasteiger partial charge in [0.2, 0.25) is 5.91 Å². The summed E-state index contributed by atoms with van der Waals surface area (Å²) in [6.07, 6.45) is -3.71. The molecule has 0 aliphatic carbocycles. The molecule has 0 radical (unpaired) electrons. The van der Waals surface area contributed by atoms with Crippen LogP contribution in [-0.4, -0.2) is 26.8 Å². The minimum Gasteiger partial charge on any atom is -0.346 e. The van der Waals surface area contributed by atoms with Crippen molar-refractivity contribution in [1.29, 1.82) is 0 Å². The number of hydrogen-bond acceptors (Lipinski definition) is 3. The quantitative estimate of drug-likeness (QED) is 0.919. The van der Waals surface area contributed by atoms with Crippen LogP contribution in [0.1, 0.15) is 36.7 Å². The first-order valence-corrected chi connectivity index (χ1v) is 7.04. The van der Waals surface area contributed by atoms with Crippen LogP contribution in [0, 0.1) is 0 Å². The van der Waals surface area contributed by atoms with Crippen molar-refractivity contribution in [3.8, 4) is 0 Å². The highest BCUT2D eigenvalue weighted by Crippen LogP contribution is 2.37. The van der Waals surface area contributed by atoms with Gasteiger partial charge in [-0.3, -0.25) is 4.79 Å². The molecule has 5 nitrogen and oxygen atoms in total. The minimum atomic E-state index is -4.49. The van der Waals surface area contributed by atoms with E-state index in [0.717, 1.165) is 0 Å². The van der Waals surface area contributed by atoms with E-state index in [1.54, 1.807) is 24.6 Å². The third kappa shape index (κ3) is 4.30. The summed E-state index contributed by atoms with van der Waals surface area (Å²) >= 11 is 0. The average Bonchev–Trinajstić information content (AvgIpc) is 2.91. The fraction of sp³-hybridized carbons (Fsp3) is 0.400. The number of aryl methyl sites for hydroxylation is 1. The van der Waals surface area contributed by atoms with Crippen LogP contribution in [0.25, 0.3) is 0 Å². The van der Waals surface area contributed by atoms with Crippen LogP contribution >= 0.6 is 0 Å². The van der Waals surface area contributed by atoms with Gasteiger partial charge in [-0.25, -0.2) is 0 Å². The predicted molar refractivity (Wildman–Crippen MR) is 77.4 cm³/mol. The molecule has 1 N–H and O–H groups in total. The standard InChI is InChI=1S/C15H17F3N4O/c1-10(14-21-19-9-22(14)2)20-13(23)8-12(15(16,17)18)11-6-4-3-5-7-11/h3-7,9-10,12H,8H2,1-2H3,(H,20,23)/t10-,12-/m1/s1. The van der Waals surface area contributed by atoms with E-state index in [9.17, 15) is 18.0 Å². The molecule has 2 aromatic rings. The van der Waals surface area contributed by atoms with Gasteiger partial charge in [-0.2, -0.15) is 13.2 Å². The lowest BCUT2D eigenvalue weighted by Gasteiger charge is -2.21. The van der Waals surface area contributed by atoms with Gasteiger partial charge < -0.3 is 9.88 Å². The molecule has 1 aromatic heterocycles. The van der Waals surface area contributed by atoms with E-state index in [-0.39, 0.29) is 5.56 Å². The zero-order chi connectivity index (χ0) is 17.0. The van der Waals surface area contributed by atoms with Gasteiger partial charge in [-0.1, -0.05) is 30.3 Å². The Morgan fingerprint density at radius 1 is 1.30 bits per heavy atom. The fourth-order valence-corrected chi connectivity index (χ4v) is 2.34. The van der Waals surface area contributed by atoms with Crippen molar-refractivity contribution in [2.24, 2.45) is 7.05 Å². The Balaban J connectivity index is 2.08. The van der Waals surface area contributed by atoms with Crippen molar-refractivity contribution in [3.63, 3.8) is 0 Å². The zero-order valence-electron chi connectivity index (χ0n) is 12.7. The monoisotopic (exact) mass is 326 g/mol. The third-order valence-electron chi connectivity index (χ3n) is 3.50. The van der Waals surface area contributed by atoms with Crippen LogP contribution in [-0.2, 0) is 11.8 Å². The number of amides is 1. The van der Waals surface area contributed by atoms with Crippen molar-refractivity contribution < 1.29 is 18.0 Å². The first-order valence-electron chi connectivity index (χ1n) is 7.04. The summed E-state index contributed by atoms with van der Waals surface area (Å²) in [5.74, 6) is -2.05. The normalized spacial score (nSPS) is 14.3. The molecule has 1 aromatic carbocycles. The summed E-state index contributed by atoms with van der Waals surface area (Å²) in [4.78, 5) is 12.0. The van der Waals surface area contributed by atoms with Crippen molar-refractivity contribution in [3.05, 3.63) is 48.0 Å². The molecule has 0 bridgehead atoms. The Morgan fingerprint density at radius 3 is 2.48 bits per heavy atom. The van der Waals surface area contributed by atoms with Crippen molar-refractivity contribution in [1.82, 2.24) is 20.1 Å². The number of halogens is 3. The second-order valence-electron chi connectivity index (χ2n) is 5.30. The summed E-state index contributed by atoms with van der Waals surface area (Å²) in [6.45, 7) is 1.65. The molecule has 0 aliphatic heterocycles. The number of nitrogens with zero attached hydrogens (tertiary/aromatic N) is 3. The number of alkyl halides is 3. The smallest absolute Gasteiger partial charge is 0.346 e. The topological polar surface area (TPSA) is 59.8 Å². The molecule has 2 rings (SSSR count). The lowest BCUT2D eigenvalue weighted by Crippen LogP contribution is -2.33. The largest absolute Gasteiger partial charge is 0.396 e. The first kappa shape index (κ1) is 17.0. The summed E-state index contributed by atoms with van der Waals surface area (Å²) < 4.78 is 41.3. The highest BCUT2D eigenvalue weighted by Gasteiger charge is 2.42. The van der Waals surface area contributed by atoms with Crippen LogP contribution < -0.4 is 5.32 Å². The number of hydrogen-bond donors (Lipinski definition) is 1. The van der Waals surface area contributed by atoms with Crippen molar-refractivity contribution in [2.45, 2.75) is 31.5 Å². The second kappa shape index (κ2) is 6.80. The SMILES string of the molecule is C[C@@H](NC(=O)C[C@H](c1ccccc1)C(F)(F)F)c1nncn1C. The van der Waals surface area contributed by atoms with Crippen LogP contribution in [0.15, 0.2) is 36.7 Å². The molecular weight excluding hydrogens is 309 g/mol. The Kier molecular flexibility index (Phi) is 5.02. The number of rotatable bonds is 5. The maximum atomic E-state index is 13.2. The molecule has 0 aliphatic rings. The number of benzene rings is 1. The Bertz CT molecular complexity index is 654. The molecular formula is C15H17F3N4O. The fourth-order valence-electron chi connectivity index (χ4n) is 2.34. The number of carbonyl (C=O) groups is 1. The van der Waals surface area contributed by atoms with E-state index in [4.69, 9.17) is 0 Å². The number of nitrogens with one attached hydrogen (secondary N) is 1. The highest BCUT2D eigenvalue weighted by atomic mass is 19.4. The zero-order valence-corrected chi connectivity index (χ0v) is 12.7. The van der Waals surface area contributed by atoms with Gasteiger partial charge in [-0.15, -0.1) is 10.2 Å². The predicted octanol–water partition coefficient (Wildman–Crippen LogP) is 2.73. The molecule has 8 heteroatoms. The molecule has 2 atom stereocenters. The van der Waals surface area contributed by atoms with Gasteiger partial charge in [0, 0.05) is 13.5 Å². The maximum absolute atomic E-state index is 13.2. The molecule has 0 fully saturated rings. The first-order chi connectivity index (χ1) is 10.8. The van der Waals surface area contributed by atoms with Crippen LogP contribution in [0.5, 0.6) is 0 Å². The summed E-state index contributed by atoms with van der Waals surface area (Å²) in [5, 5.41) is 10.0. The van der Waals surface area contributed by atoms with E-state index in [0.29, 0.717) is 5.82 Å². The minimum absolute atomic E-state index is 0.0708. The van der Waals surface area contributed by atoms with Gasteiger partial charge in [0.15, 0.2) is 5.82 Å². The van der Waals surface area contributed by atoms with Crippen LogP contribution in [0.3, 0.4) is 0 Å². The molecule has 0 unspecified atom stereocenters. The maximum Gasteiger partial charge on any atom is 0.396 e.